The van der Waals surface area contributed by atoms with Crippen LogP contribution in [0.25, 0.3) is 0 Å². The van der Waals surface area contributed by atoms with Crippen molar-refractivity contribution in [2.45, 2.75) is 57.1 Å². The molecular weight excluding hydrogens is 254 g/mol. The number of hydrogen-bond acceptors (Lipinski definition) is 4. The highest BCUT2D eigenvalue weighted by Crippen LogP contribution is 2.36. The van der Waals surface area contributed by atoms with Crippen molar-refractivity contribution in [1.29, 1.82) is 0 Å². The second-order valence-corrected chi connectivity index (χ2v) is 6.31. The highest BCUT2D eigenvalue weighted by atomic mass is 16.5. The SMILES string of the molecule is CCN(CCC1CCCC1(N)C(N)=O)CC1CCCO1. The average Bonchev–Trinajstić information content (AvgIpc) is 3.05. The molecule has 1 aliphatic carbocycles. The highest BCUT2D eigenvalue weighted by Gasteiger charge is 2.44. The minimum atomic E-state index is -0.775. The third-order valence-electron chi connectivity index (χ3n) is 5.06. The maximum absolute atomic E-state index is 11.6. The van der Waals surface area contributed by atoms with Crippen LogP contribution in [0.5, 0.6) is 0 Å². The van der Waals surface area contributed by atoms with E-state index in [2.05, 4.69) is 11.8 Å². The number of rotatable bonds is 7. The molecule has 0 aromatic carbocycles. The minimum Gasteiger partial charge on any atom is -0.377 e. The van der Waals surface area contributed by atoms with Crippen LogP contribution in [-0.2, 0) is 9.53 Å². The van der Waals surface area contributed by atoms with E-state index in [-0.39, 0.29) is 11.8 Å². The lowest BCUT2D eigenvalue weighted by molar-refractivity contribution is -0.124. The second-order valence-electron chi connectivity index (χ2n) is 6.31. The molecule has 4 N–H and O–H groups in total. The predicted molar refractivity (Wildman–Crippen MR) is 79.2 cm³/mol. The van der Waals surface area contributed by atoms with Gasteiger partial charge in [-0.25, -0.2) is 0 Å². The van der Waals surface area contributed by atoms with Crippen LogP contribution in [0.3, 0.4) is 0 Å². The van der Waals surface area contributed by atoms with E-state index < -0.39 is 5.54 Å². The van der Waals surface area contributed by atoms with Crippen LogP contribution in [0.2, 0.25) is 0 Å². The summed E-state index contributed by atoms with van der Waals surface area (Å²) in [5, 5.41) is 0. The molecule has 1 saturated heterocycles. The maximum Gasteiger partial charge on any atom is 0.237 e. The lowest BCUT2D eigenvalue weighted by Gasteiger charge is -2.31. The van der Waals surface area contributed by atoms with Crippen LogP contribution >= 0.6 is 0 Å². The first-order valence-electron chi connectivity index (χ1n) is 7.99. The van der Waals surface area contributed by atoms with Crippen LogP contribution < -0.4 is 11.5 Å². The fourth-order valence-electron chi connectivity index (χ4n) is 3.62. The first-order valence-corrected chi connectivity index (χ1v) is 7.99. The molecule has 5 heteroatoms. The van der Waals surface area contributed by atoms with Gasteiger partial charge < -0.3 is 21.1 Å². The van der Waals surface area contributed by atoms with Gasteiger partial charge >= 0.3 is 0 Å². The molecule has 3 unspecified atom stereocenters. The number of nitrogens with two attached hydrogens (primary N) is 2. The van der Waals surface area contributed by atoms with E-state index in [9.17, 15) is 4.79 Å². The summed E-state index contributed by atoms with van der Waals surface area (Å²) in [5.74, 6) is -0.0966. The Balaban J connectivity index is 1.81. The number of hydrogen-bond donors (Lipinski definition) is 2. The van der Waals surface area contributed by atoms with Gasteiger partial charge in [0.2, 0.25) is 5.91 Å². The van der Waals surface area contributed by atoms with Crippen LogP contribution in [0.4, 0.5) is 0 Å². The van der Waals surface area contributed by atoms with Gasteiger partial charge in [0.1, 0.15) is 0 Å². The summed E-state index contributed by atoms with van der Waals surface area (Å²) in [6.07, 6.45) is 6.47. The van der Waals surface area contributed by atoms with Gasteiger partial charge in [0.05, 0.1) is 11.6 Å². The molecule has 0 aromatic heterocycles. The Kier molecular flexibility index (Phi) is 5.41. The minimum absolute atomic E-state index is 0.235. The Morgan fingerprint density at radius 2 is 2.20 bits per heavy atom. The van der Waals surface area contributed by atoms with Crippen molar-refractivity contribution in [2.75, 3.05) is 26.2 Å². The molecule has 3 atom stereocenters. The predicted octanol–water partition coefficient (Wildman–Crippen LogP) is 0.860. The Morgan fingerprint density at radius 3 is 2.80 bits per heavy atom. The molecule has 0 radical (unpaired) electrons. The van der Waals surface area contributed by atoms with Crippen LogP contribution in [0, 0.1) is 5.92 Å². The summed E-state index contributed by atoms with van der Waals surface area (Å²) in [7, 11) is 0. The molecule has 2 fully saturated rings. The zero-order valence-corrected chi connectivity index (χ0v) is 12.6. The zero-order chi connectivity index (χ0) is 14.6. The molecule has 1 aliphatic heterocycles. The lowest BCUT2D eigenvalue weighted by Crippen LogP contribution is -2.55. The van der Waals surface area contributed by atoms with E-state index in [4.69, 9.17) is 16.2 Å². The molecule has 116 valence electrons. The van der Waals surface area contributed by atoms with Gasteiger partial charge in [-0.05, 0) is 51.1 Å². The van der Waals surface area contributed by atoms with Crippen molar-refractivity contribution in [3.63, 3.8) is 0 Å². The first kappa shape index (κ1) is 15.7. The van der Waals surface area contributed by atoms with E-state index in [1.165, 1.54) is 12.8 Å². The van der Waals surface area contributed by atoms with Gasteiger partial charge in [-0.2, -0.15) is 0 Å². The van der Waals surface area contributed by atoms with Crippen LogP contribution in [-0.4, -0.2) is 48.7 Å². The molecule has 20 heavy (non-hydrogen) atoms. The van der Waals surface area contributed by atoms with Crippen molar-refractivity contribution in [3.05, 3.63) is 0 Å². The number of primary amides is 1. The molecule has 0 bridgehead atoms. The topological polar surface area (TPSA) is 81.6 Å². The van der Waals surface area contributed by atoms with Gasteiger partial charge in [-0.1, -0.05) is 13.3 Å². The van der Waals surface area contributed by atoms with E-state index in [1.54, 1.807) is 0 Å². The quantitative estimate of drug-likeness (QED) is 0.726. The van der Waals surface area contributed by atoms with Crippen molar-refractivity contribution in [1.82, 2.24) is 4.90 Å². The number of likely N-dealkylation sites (N-methyl/N-ethyl adjacent to an activating group) is 1. The van der Waals surface area contributed by atoms with Crippen LogP contribution in [0.1, 0.15) is 45.4 Å². The average molecular weight is 283 g/mol. The Bertz CT molecular complexity index is 331. The summed E-state index contributed by atoms with van der Waals surface area (Å²) >= 11 is 0. The normalized spacial score (nSPS) is 34.0. The highest BCUT2D eigenvalue weighted by molar-refractivity contribution is 5.85. The fraction of sp³-hybridized carbons (Fsp3) is 0.933. The fourth-order valence-corrected chi connectivity index (χ4v) is 3.62. The molecule has 1 saturated carbocycles. The summed E-state index contributed by atoms with van der Waals surface area (Å²) in [4.78, 5) is 14.0. The van der Waals surface area contributed by atoms with Crippen molar-refractivity contribution in [3.8, 4) is 0 Å². The van der Waals surface area contributed by atoms with E-state index in [0.717, 1.165) is 51.9 Å². The molecular formula is C15H29N3O2. The Morgan fingerprint density at radius 1 is 1.40 bits per heavy atom. The Hall–Kier alpha value is -0.650. The zero-order valence-electron chi connectivity index (χ0n) is 12.6. The maximum atomic E-state index is 11.6. The summed E-state index contributed by atoms with van der Waals surface area (Å²) in [5.41, 5.74) is 10.9. The standard InChI is InChI=1S/C15H29N3O2/c1-2-18(11-13-6-4-10-20-13)9-7-12-5-3-8-15(12,17)14(16)19/h12-13H,2-11,17H2,1H3,(H2,16,19). The molecule has 2 rings (SSSR count). The lowest BCUT2D eigenvalue weighted by atomic mass is 9.85. The molecule has 1 amide bonds. The monoisotopic (exact) mass is 283 g/mol. The summed E-state index contributed by atoms with van der Waals surface area (Å²) in [6.45, 7) is 6.07. The molecule has 2 aliphatic rings. The van der Waals surface area contributed by atoms with Crippen molar-refractivity contribution < 1.29 is 9.53 Å². The number of carbonyl (C=O) groups is 1. The Labute approximate surface area is 122 Å². The third-order valence-corrected chi connectivity index (χ3v) is 5.06. The second kappa shape index (κ2) is 6.87. The number of ether oxygens (including phenoxy) is 1. The van der Waals surface area contributed by atoms with Gasteiger partial charge in [0, 0.05) is 13.2 Å². The van der Waals surface area contributed by atoms with Crippen molar-refractivity contribution >= 4 is 5.91 Å². The molecule has 5 nitrogen and oxygen atoms in total. The number of carbonyl (C=O) groups excluding carboxylic acids is 1. The van der Waals surface area contributed by atoms with E-state index >= 15 is 0 Å². The van der Waals surface area contributed by atoms with E-state index in [1.807, 2.05) is 0 Å². The molecule has 0 aromatic rings. The van der Waals surface area contributed by atoms with Crippen molar-refractivity contribution in [2.24, 2.45) is 17.4 Å². The van der Waals surface area contributed by atoms with Gasteiger partial charge in [0.15, 0.2) is 0 Å². The third kappa shape index (κ3) is 3.51. The number of amides is 1. The summed E-state index contributed by atoms with van der Waals surface area (Å²) < 4.78 is 5.70. The van der Waals surface area contributed by atoms with Gasteiger partial charge in [-0.15, -0.1) is 0 Å². The molecule has 1 heterocycles. The van der Waals surface area contributed by atoms with Crippen LogP contribution in [0.15, 0.2) is 0 Å². The van der Waals surface area contributed by atoms with E-state index in [0.29, 0.717) is 6.10 Å². The number of nitrogens with zero attached hydrogens (tertiary/aromatic N) is 1. The largest absolute Gasteiger partial charge is 0.377 e. The summed E-state index contributed by atoms with van der Waals surface area (Å²) in [6, 6.07) is 0. The van der Waals surface area contributed by atoms with Gasteiger partial charge in [0.25, 0.3) is 0 Å². The smallest absolute Gasteiger partial charge is 0.237 e. The van der Waals surface area contributed by atoms with Gasteiger partial charge in [-0.3, -0.25) is 4.79 Å². The first-order chi connectivity index (χ1) is 9.56. The molecule has 0 spiro atoms.